The van der Waals surface area contributed by atoms with Gasteiger partial charge in [0.15, 0.2) is 5.60 Å². The molecule has 0 radical (unpaired) electrons. The number of allylic oxidation sites excluding steroid dienone is 2. The van der Waals surface area contributed by atoms with Gasteiger partial charge in [0.1, 0.15) is 11.5 Å². The van der Waals surface area contributed by atoms with E-state index in [9.17, 15) is 10.1 Å². The zero-order chi connectivity index (χ0) is 22.3. The molecule has 160 valence electrons. The number of carbonyl (C=O) groups excluding carboxylic acids is 1. The highest BCUT2D eigenvalue weighted by Crippen LogP contribution is 2.42. The lowest BCUT2D eigenvalue weighted by Gasteiger charge is -2.37. The third-order valence-electron chi connectivity index (χ3n) is 5.68. The molecule has 2 aromatic rings. The van der Waals surface area contributed by atoms with Crippen LogP contribution in [0.2, 0.25) is 0 Å². The molecule has 1 aromatic heterocycles. The van der Waals surface area contributed by atoms with Gasteiger partial charge in [-0.05, 0) is 32.9 Å². The summed E-state index contributed by atoms with van der Waals surface area (Å²) in [5.74, 6) is 1.21. The number of hydrogen-bond donors (Lipinski definition) is 1. The molecule has 0 atom stereocenters. The van der Waals surface area contributed by atoms with E-state index in [1.165, 1.54) is 0 Å². The summed E-state index contributed by atoms with van der Waals surface area (Å²) >= 11 is 0. The van der Waals surface area contributed by atoms with Crippen LogP contribution in [0.15, 0.2) is 24.3 Å². The van der Waals surface area contributed by atoms with Gasteiger partial charge in [0.05, 0.1) is 30.1 Å². The highest BCUT2D eigenvalue weighted by Gasteiger charge is 2.39. The number of aromatic nitrogens is 1. The van der Waals surface area contributed by atoms with Crippen molar-refractivity contribution < 1.29 is 14.3 Å². The topological polar surface area (TPSA) is 87.5 Å². The van der Waals surface area contributed by atoms with Crippen LogP contribution in [0.3, 0.4) is 0 Å². The van der Waals surface area contributed by atoms with Crippen LogP contribution in [0.5, 0.6) is 11.5 Å². The van der Waals surface area contributed by atoms with Crippen LogP contribution in [-0.4, -0.2) is 37.2 Å². The molecule has 0 saturated heterocycles. The van der Waals surface area contributed by atoms with Gasteiger partial charge in [-0.15, -0.1) is 0 Å². The summed E-state index contributed by atoms with van der Waals surface area (Å²) in [7, 11) is 3.36. The molecule has 2 heterocycles. The molecule has 1 amide bonds. The van der Waals surface area contributed by atoms with E-state index in [1.807, 2.05) is 31.2 Å². The van der Waals surface area contributed by atoms with Crippen molar-refractivity contribution in [3.8, 4) is 17.6 Å². The molecule has 0 spiro atoms. The first-order valence-electron chi connectivity index (χ1n) is 10.3. The van der Waals surface area contributed by atoms with Gasteiger partial charge >= 0.3 is 0 Å². The van der Waals surface area contributed by atoms with E-state index in [2.05, 4.69) is 11.4 Å². The molecule has 31 heavy (non-hydrogen) atoms. The Morgan fingerprint density at radius 1 is 1.35 bits per heavy atom. The van der Waals surface area contributed by atoms with Gasteiger partial charge in [-0.3, -0.25) is 9.78 Å². The number of nitrogens with one attached hydrogen (secondary N) is 1. The standard InChI is InChI=1S/C24H26N4O3/c1-6-26-18-11-16(27-17-8-7-14(13-25)22(17)18)9-15-10-21-19(12-20(15)30-5)28(4)23(29)24(2,3)31-21/h7,10-12H,6,8-9H2,1-5H3,(H,26,27). The van der Waals surface area contributed by atoms with Crippen LogP contribution in [0.25, 0.3) is 5.57 Å². The number of carbonyl (C=O) groups is 1. The summed E-state index contributed by atoms with van der Waals surface area (Å²) in [6, 6.07) is 8.04. The molecule has 0 bridgehead atoms. The van der Waals surface area contributed by atoms with Gasteiger partial charge in [-0.1, -0.05) is 6.08 Å². The van der Waals surface area contributed by atoms with Crippen molar-refractivity contribution in [2.45, 2.75) is 39.2 Å². The Morgan fingerprint density at radius 3 is 2.81 bits per heavy atom. The number of benzene rings is 1. The third-order valence-corrected chi connectivity index (χ3v) is 5.68. The number of pyridine rings is 1. The SMILES string of the molecule is CCNc1cc(Cc2cc3c(cc2OC)N(C)C(=O)C(C)(C)O3)nc2c1C(C#N)=CC2. The maximum atomic E-state index is 12.6. The van der Waals surface area contributed by atoms with E-state index in [4.69, 9.17) is 14.5 Å². The van der Waals surface area contributed by atoms with Gasteiger partial charge in [-0.2, -0.15) is 5.26 Å². The van der Waals surface area contributed by atoms with Gasteiger partial charge in [-0.25, -0.2) is 0 Å². The Kier molecular flexibility index (Phi) is 5.10. The summed E-state index contributed by atoms with van der Waals surface area (Å²) in [6.45, 7) is 6.31. The number of likely N-dealkylation sites (N-methyl/N-ethyl adjacent to an activating group) is 1. The van der Waals surface area contributed by atoms with Gasteiger partial charge < -0.3 is 19.7 Å². The molecule has 7 heteroatoms. The lowest BCUT2D eigenvalue weighted by atomic mass is 10.00. The molecule has 2 aliphatic rings. The van der Waals surface area contributed by atoms with Crippen LogP contribution in [0, 0.1) is 11.3 Å². The van der Waals surface area contributed by atoms with E-state index in [-0.39, 0.29) is 5.91 Å². The second-order valence-electron chi connectivity index (χ2n) is 8.23. The minimum absolute atomic E-state index is 0.105. The number of nitrogens with zero attached hydrogens (tertiary/aromatic N) is 3. The number of hydrogen-bond acceptors (Lipinski definition) is 6. The first kappa shape index (κ1) is 20.7. The molecule has 0 saturated carbocycles. The van der Waals surface area contributed by atoms with Crippen molar-refractivity contribution in [1.29, 1.82) is 5.26 Å². The number of ether oxygens (including phenoxy) is 2. The predicted octanol–water partition coefficient (Wildman–Crippen LogP) is 3.71. The van der Waals surface area contributed by atoms with Crippen molar-refractivity contribution >= 4 is 22.9 Å². The van der Waals surface area contributed by atoms with Gasteiger partial charge in [0, 0.05) is 55.0 Å². The third kappa shape index (κ3) is 3.48. The van der Waals surface area contributed by atoms with Crippen LogP contribution in [0.1, 0.15) is 43.3 Å². The van der Waals surface area contributed by atoms with Gasteiger partial charge in [0.25, 0.3) is 5.91 Å². The number of rotatable bonds is 5. The Morgan fingerprint density at radius 2 is 2.13 bits per heavy atom. The van der Waals surface area contributed by atoms with Crippen LogP contribution in [0.4, 0.5) is 11.4 Å². The normalized spacial score (nSPS) is 16.1. The number of methoxy groups -OCH3 is 1. The van der Waals surface area contributed by atoms with E-state index < -0.39 is 5.60 Å². The largest absolute Gasteiger partial charge is 0.496 e. The van der Waals surface area contributed by atoms with E-state index in [0.717, 1.165) is 34.7 Å². The molecule has 4 rings (SSSR count). The van der Waals surface area contributed by atoms with E-state index in [0.29, 0.717) is 35.6 Å². The summed E-state index contributed by atoms with van der Waals surface area (Å²) in [6.07, 6.45) is 3.10. The van der Waals surface area contributed by atoms with Crippen LogP contribution < -0.4 is 19.7 Å². The number of nitriles is 1. The Hall–Kier alpha value is -3.53. The molecule has 0 fully saturated rings. The summed E-state index contributed by atoms with van der Waals surface area (Å²) in [4.78, 5) is 19.0. The van der Waals surface area contributed by atoms with Crippen LogP contribution in [-0.2, 0) is 17.6 Å². The number of amides is 1. The molecule has 1 aromatic carbocycles. The quantitative estimate of drug-likeness (QED) is 0.797. The van der Waals surface area contributed by atoms with E-state index in [1.54, 1.807) is 32.9 Å². The molecule has 1 N–H and O–H groups in total. The van der Waals surface area contributed by atoms with Gasteiger partial charge in [0.2, 0.25) is 0 Å². The molecular formula is C24H26N4O3. The summed E-state index contributed by atoms with van der Waals surface area (Å²) < 4.78 is 11.7. The van der Waals surface area contributed by atoms with Crippen LogP contribution >= 0.6 is 0 Å². The summed E-state index contributed by atoms with van der Waals surface area (Å²) in [5, 5.41) is 12.8. The highest BCUT2D eigenvalue weighted by atomic mass is 16.5. The predicted molar refractivity (Wildman–Crippen MR) is 120 cm³/mol. The maximum absolute atomic E-state index is 12.6. The fourth-order valence-electron chi connectivity index (χ4n) is 4.22. The van der Waals surface area contributed by atoms with E-state index >= 15 is 0 Å². The zero-order valence-corrected chi connectivity index (χ0v) is 18.5. The lowest BCUT2D eigenvalue weighted by Crippen LogP contribution is -2.50. The molecule has 1 aliphatic heterocycles. The average Bonchev–Trinajstić information content (AvgIpc) is 3.15. The van der Waals surface area contributed by atoms with Crippen molar-refractivity contribution in [1.82, 2.24) is 4.98 Å². The Bertz CT molecular complexity index is 1140. The average molecular weight is 418 g/mol. The summed E-state index contributed by atoms with van der Waals surface area (Å²) in [5.41, 5.74) is 4.94. The molecule has 0 unspecified atom stereocenters. The first-order valence-corrected chi connectivity index (χ1v) is 10.3. The van der Waals surface area contributed by atoms with Crippen molar-refractivity contribution in [2.75, 3.05) is 30.9 Å². The molecule has 7 nitrogen and oxygen atoms in total. The monoisotopic (exact) mass is 418 g/mol. The van der Waals surface area contributed by atoms with Crippen molar-refractivity contribution in [3.63, 3.8) is 0 Å². The molecule has 1 aliphatic carbocycles. The second kappa shape index (κ2) is 7.62. The van der Waals surface area contributed by atoms with Crippen molar-refractivity contribution in [3.05, 3.63) is 46.8 Å². The second-order valence-corrected chi connectivity index (χ2v) is 8.23. The fourth-order valence-corrected chi connectivity index (χ4v) is 4.22. The fraction of sp³-hybridized carbons (Fsp3) is 0.375. The number of anilines is 2. The zero-order valence-electron chi connectivity index (χ0n) is 18.5. The molecular weight excluding hydrogens is 392 g/mol. The Balaban J connectivity index is 1.75. The Labute approximate surface area is 182 Å². The lowest BCUT2D eigenvalue weighted by molar-refractivity contribution is -0.132. The highest BCUT2D eigenvalue weighted by molar-refractivity contribution is 6.02. The minimum Gasteiger partial charge on any atom is -0.496 e. The number of fused-ring (bicyclic) bond motifs is 2. The minimum atomic E-state index is -0.934. The first-order chi connectivity index (χ1) is 14.8. The van der Waals surface area contributed by atoms with Crippen molar-refractivity contribution in [2.24, 2.45) is 0 Å². The smallest absolute Gasteiger partial charge is 0.270 e. The maximum Gasteiger partial charge on any atom is 0.270 e.